The van der Waals surface area contributed by atoms with Crippen LogP contribution in [-0.4, -0.2) is 51.4 Å². The van der Waals surface area contributed by atoms with Gasteiger partial charge in [-0.3, -0.25) is 4.79 Å². The van der Waals surface area contributed by atoms with E-state index in [4.69, 9.17) is 0 Å². The molecule has 3 aromatic rings. The zero-order chi connectivity index (χ0) is 26.7. The van der Waals surface area contributed by atoms with E-state index in [1.165, 1.54) is 18.3 Å². The zero-order valence-electron chi connectivity index (χ0n) is 20.9. The third-order valence-corrected chi connectivity index (χ3v) is 6.99. The first-order valence-electron chi connectivity index (χ1n) is 12.7. The van der Waals surface area contributed by atoms with Crippen molar-refractivity contribution in [3.05, 3.63) is 58.7 Å². The number of rotatable bonds is 3. The van der Waals surface area contributed by atoms with E-state index in [0.717, 1.165) is 28.8 Å². The first-order chi connectivity index (χ1) is 17.7. The molecule has 200 valence electrons. The molecule has 2 N–H and O–H groups in total. The minimum atomic E-state index is -4.79. The van der Waals surface area contributed by atoms with Gasteiger partial charge in [-0.2, -0.15) is 0 Å². The van der Waals surface area contributed by atoms with Crippen molar-refractivity contribution in [2.75, 3.05) is 13.1 Å². The van der Waals surface area contributed by atoms with Crippen LogP contribution < -0.4 is 4.74 Å². The van der Waals surface area contributed by atoms with Gasteiger partial charge in [-0.25, -0.2) is 9.37 Å². The number of amides is 1. The highest BCUT2D eigenvalue weighted by Gasteiger charge is 2.32. The van der Waals surface area contributed by atoms with Crippen molar-refractivity contribution in [3.8, 4) is 5.75 Å². The molecule has 0 bridgehead atoms. The summed E-state index contributed by atoms with van der Waals surface area (Å²) in [5, 5.41) is 10.9. The number of aryl methyl sites for hydroxylation is 2. The lowest BCUT2D eigenvalue weighted by atomic mass is 9.86. The number of likely N-dealkylation sites (tertiary alicyclic amines) is 1. The highest BCUT2D eigenvalue weighted by atomic mass is 19.4. The molecule has 5 rings (SSSR count). The number of aromatic nitrogens is 2. The smallest absolute Gasteiger partial charge is 0.406 e. The number of nitrogens with one attached hydrogen (secondary N) is 1. The molecular weight excluding hydrogens is 490 g/mol. The first-order valence-corrected chi connectivity index (χ1v) is 12.7. The van der Waals surface area contributed by atoms with Crippen LogP contribution >= 0.6 is 0 Å². The van der Waals surface area contributed by atoms with Gasteiger partial charge in [0.25, 0.3) is 5.91 Å². The van der Waals surface area contributed by atoms with Crippen molar-refractivity contribution in [1.29, 1.82) is 0 Å². The van der Waals surface area contributed by atoms with Crippen LogP contribution in [0.3, 0.4) is 0 Å². The summed E-state index contributed by atoms with van der Waals surface area (Å²) < 4.78 is 56.1. The van der Waals surface area contributed by atoms with Crippen LogP contribution in [0.4, 0.5) is 17.6 Å². The lowest BCUT2D eigenvalue weighted by molar-refractivity contribution is -0.274. The molecular formula is C27H31F4N3O3. The van der Waals surface area contributed by atoms with Crippen molar-refractivity contribution in [2.45, 2.75) is 70.8 Å². The predicted octanol–water partition coefficient (Wildman–Crippen LogP) is 5.89. The summed E-state index contributed by atoms with van der Waals surface area (Å²) in [5.74, 6) is -1.13. The number of carbonyl (C=O) groups excluding carboxylic acids is 1. The number of halogens is 4. The highest BCUT2D eigenvalue weighted by Crippen LogP contribution is 2.39. The molecule has 10 heteroatoms. The van der Waals surface area contributed by atoms with Gasteiger partial charge in [0.05, 0.1) is 12.3 Å². The number of H-pyrrole nitrogens is 1. The van der Waals surface area contributed by atoms with Crippen molar-refractivity contribution in [3.63, 3.8) is 0 Å². The van der Waals surface area contributed by atoms with Crippen molar-refractivity contribution >= 4 is 16.9 Å². The van der Waals surface area contributed by atoms with E-state index in [9.17, 15) is 23.1 Å². The monoisotopic (exact) mass is 521 g/mol. The fourth-order valence-corrected chi connectivity index (χ4v) is 5.28. The van der Waals surface area contributed by atoms with Gasteiger partial charge >= 0.3 is 6.36 Å². The van der Waals surface area contributed by atoms with E-state index in [1.54, 1.807) is 4.90 Å². The van der Waals surface area contributed by atoms with Crippen molar-refractivity contribution < 1.29 is 32.2 Å². The van der Waals surface area contributed by atoms with E-state index in [2.05, 4.69) is 14.7 Å². The number of hydrogen-bond acceptors (Lipinski definition) is 4. The summed E-state index contributed by atoms with van der Waals surface area (Å²) >= 11 is 0. The van der Waals surface area contributed by atoms with Crippen molar-refractivity contribution in [1.82, 2.24) is 14.9 Å². The average molecular weight is 522 g/mol. The summed E-state index contributed by atoms with van der Waals surface area (Å²) in [4.78, 5) is 22.1. The molecule has 0 radical (unpaired) electrons. The van der Waals surface area contributed by atoms with Gasteiger partial charge in [-0.1, -0.05) is 13.8 Å². The van der Waals surface area contributed by atoms with Gasteiger partial charge < -0.3 is 19.7 Å². The van der Waals surface area contributed by atoms with E-state index in [0.29, 0.717) is 62.8 Å². The van der Waals surface area contributed by atoms with Crippen LogP contribution in [0.15, 0.2) is 30.5 Å². The molecule has 37 heavy (non-hydrogen) atoms. The number of nitrogens with zero attached hydrogens (tertiary/aromatic N) is 2. The summed E-state index contributed by atoms with van der Waals surface area (Å²) in [6.45, 7) is 4.80. The van der Waals surface area contributed by atoms with Gasteiger partial charge in [-0.05, 0) is 74.3 Å². The number of aliphatic hydroxyl groups is 1. The van der Waals surface area contributed by atoms with E-state index >= 15 is 4.39 Å². The number of alkyl halides is 3. The molecule has 3 heterocycles. The number of piperidine rings is 1. The van der Waals surface area contributed by atoms with Gasteiger partial charge in [0.15, 0.2) is 0 Å². The first kappa shape index (κ1) is 26.9. The largest absolute Gasteiger partial charge is 0.573 e. The maximum absolute atomic E-state index is 15.1. The Labute approximate surface area is 212 Å². The summed E-state index contributed by atoms with van der Waals surface area (Å²) in [6.07, 6.45) is -0.202. The molecule has 1 saturated heterocycles. The summed E-state index contributed by atoms with van der Waals surface area (Å²) in [5.41, 5.74) is 3.57. The van der Waals surface area contributed by atoms with Gasteiger partial charge in [0.1, 0.15) is 17.2 Å². The third kappa shape index (κ3) is 5.89. The number of pyridine rings is 1. The lowest BCUT2D eigenvalue weighted by Crippen LogP contribution is -2.38. The van der Waals surface area contributed by atoms with Crippen LogP contribution in [0.25, 0.3) is 11.0 Å². The van der Waals surface area contributed by atoms with Crippen LogP contribution in [0, 0.1) is 5.82 Å². The van der Waals surface area contributed by atoms with Crippen LogP contribution in [0.2, 0.25) is 0 Å². The molecule has 1 aliphatic heterocycles. The molecule has 0 saturated carbocycles. The molecule has 1 aliphatic carbocycles. The minimum Gasteiger partial charge on any atom is -0.406 e. The Morgan fingerprint density at radius 2 is 1.73 bits per heavy atom. The van der Waals surface area contributed by atoms with E-state index in [-0.39, 0.29) is 35.1 Å². The Morgan fingerprint density at radius 1 is 1.08 bits per heavy atom. The zero-order valence-corrected chi connectivity index (χ0v) is 20.9. The second kappa shape index (κ2) is 11.1. The number of hydrogen-bond donors (Lipinski definition) is 2. The molecule has 1 amide bonds. The van der Waals surface area contributed by atoms with Gasteiger partial charge in [-0.15, -0.1) is 13.2 Å². The number of fused-ring (bicyclic) bond motifs is 3. The maximum Gasteiger partial charge on any atom is 0.573 e. The number of ether oxygens (including phenoxy) is 1. The molecule has 1 unspecified atom stereocenters. The van der Waals surface area contributed by atoms with Gasteiger partial charge in [0, 0.05) is 35.3 Å². The molecule has 1 atom stereocenters. The Bertz CT molecular complexity index is 1230. The topological polar surface area (TPSA) is 78.5 Å². The number of benzene rings is 1. The fraction of sp³-hybridized carbons (Fsp3) is 0.481. The normalized spacial score (nSPS) is 18.6. The minimum absolute atomic E-state index is 0.0970. The number of aliphatic hydroxyl groups excluding tert-OH is 1. The fourth-order valence-electron chi connectivity index (χ4n) is 5.28. The average Bonchev–Trinajstić information content (AvgIpc) is 3.13. The Hall–Kier alpha value is -3.14. The van der Waals surface area contributed by atoms with E-state index < -0.39 is 6.36 Å². The number of carbonyl (C=O) groups is 1. The van der Waals surface area contributed by atoms with Gasteiger partial charge in [0.2, 0.25) is 0 Å². The third-order valence-electron chi connectivity index (χ3n) is 6.99. The van der Waals surface area contributed by atoms with Crippen LogP contribution in [0.5, 0.6) is 5.75 Å². The summed E-state index contributed by atoms with van der Waals surface area (Å²) in [6, 6.07) is 4.85. The highest BCUT2D eigenvalue weighted by molar-refractivity contribution is 5.94. The van der Waals surface area contributed by atoms with E-state index in [1.807, 2.05) is 13.8 Å². The molecule has 1 fully saturated rings. The lowest BCUT2D eigenvalue weighted by Gasteiger charge is -2.33. The Kier molecular flexibility index (Phi) is 8.06. The standard InChI is InChI=1S/C25H25F4N3O3.C2H6/c26-19-13-30-23-22(18-7-3-16(33)4-8-20(18)31-23)21(19)14-9-11-32(12-10-14)24(34)15-1-5-17(6-2-15)35-25(27,28)29;1-2/h1-2,5-6,13-14,16,33H,3-4,7-12H2,(H,30,31);1-2H3. The Morgan fingerprint density at radius 3 is 2.38 bits per heavy atom. The Balaban J connectivity index is 0.00000156. The molecule has 6 nitrogen and oxygen atoms in total. The molecule has 0 spiro atoms. The second-order valence-corrected chi connectivity index (χ2v) is 9.20. The molecule has 2 aromatic heterocycles. The summed E-state index contributed by atoms with van der Waals surface area (Å²) in [7, 11) is 0. The van der Waals surface area contributed by atoms with Crippen LogP contribution in [-0.2, 0) is 12.8 Å². The predicted molar refractivity (Wildman–Crippen MR) is 131 cm³/mol. The SMILES string of the molecule is CC.O=C(c1ccc(OC(F)(F)F)cc1)N1CCC(c2c(F)cnc3[nH]c4c(c23)CCC(O)CC4)CC1. The number of aromatic amines is 1. The van der Waals surface area contributed by atoms with Crippen LogP contribution in [0.1, 0.15) is 72.6 Å². The molecule has 1 aromatic carbocycles. The molecule has 2 aliphatic rings. The second-order valence-electron chi connectivity index (χ2n) is 9.20. The quantitative estimate of drug-likeness (QED) is 0.333. The maximum atomic E-state index is 15.1. The van der Waals surface area contributed by atoms with Crippen molar-refractivity contribution in [2.24, 2.45) is 0 Å².